The first-order valence-electron chi connectivity index (χ1n) is 13.4. The van der Waals surface area contributed by atoms with Gasteiger partial charge in [-0.25, -0.2) is 4.98 Å². The second-order valence-electron chi connectivity index (χ2n) is 10.0. The average Bonchev–Trinajstić information content (AvgIpc) is 3.37. The van der Waals surface area contributed by atoms with E-state index in [0.29, 0.717) is 46.5 Å². The molecule has 1 aromatic heterocycles. The van der Waals surface area contributed by atoms with Crippen LogP contribution in [-0.2, 0) is 16.2 Å². The van der Waals surface area contributed by atoms with Crippen molar-refractivity contribution in [2.45, 2.75) is 38.7 Å². The standard InChI is InChI=1S/C32H28BrN3O4S/c1-18-28(31(38)36-32-35-22-13-12-21(33)16-27(22)41-32)29(30-23(34-18)9-6-10-24(30)37)20-11-14-25(26(15-20)39-2)40-17-19-7-4-3-5-8-19/h3-5,7-8,11-16,29,34H,6,9-10,17H2,1-2H3,(H,35,36,38). The van der Waals surface area contributed by atoms with Crippen LogP contribution in [0.4, 0.5) is 5.13 Å². The third-order valence-corrected chi connectivity index (χ3v) is 8.78. The number of thiazole rings is 1. The molecule has 2 heterocycles. The first-order chi connectivity index (χ1) is 19.9. The summed E-state index contributed by atoms with van der Waals surface area (Å²) in [7, 11) is 1.59. The van der Waals surface area contributed by atoms with Crippen molar-refractivity contribution >= 4 is 54.3 Å². The van der Waals surface area contributed by atoms with Crippen LogP contribution in [0.25, 0.3) is 10.2 Å². The maximum absolute atomic E-state index is 13.9. The van der Waals surface area contributed by atoms with E-state index in [2.05, 4.69) is 31.5 Å². The maximum atomic E-state index is 13.9. The largest absolute Gasteiger partial charge is 0.493 e. The molecule has 1 aliphatic heterocycles. The van der Waals surface area contributed by atoms with Crippen LogP contribution >= 0.6 is 27.3 Å². The number of carbonyl (C=O) groups is 2. The molecule has 3 aromatic carbocycles. The molecule has 0 radical (unpaired) electrons. The van der Waals surface area contributed by atoms with Gasteiger partial charge in [0.2, 0.25) is 0 Å². The van der Waals surface area contributed by atoms with E-state index in [-0.39, 0.29) is 11.7 Å². The van der Waals surface area contributed by atoms with Crippen molar-refractivity contribution in [3.8, 4) is 11.5 Å². The Labute approximate surface area is 250 Å². The predicted octanol–water partition coefficient (Wildman–Crippen LogP) is 7.25. The molecular weight excluding hydrogens is 602 g/mol. The van der Waals surface area contributed by atoms with Crippen LogP contribution in [0.3, 0.4) is 0 Å². The summed E-state index contributed by atoms with van der Waals surface area (Å²) in [5.41, 5.74) is 5.36. The summed E-state index contributed by atoms with van der Waals surface area (Å²) in [6.07, 6.45) is 1.99. The van der Waals surface area contributed by atoms with Gasteiger partial charge in [-0.1, -0.05) is 63.7 Å². The summed E-state index contributed by atoms with van der Waals surface area (Å²) in [6.45, 7) is 2.28. The number of fused-ring (bicyclic) bond motifs is 1. The lowest BCUT2D eigenvalue weighted by molar-refractivity contribution is -0.116. The number of nitrogens with zero attached hydrogens (tertiary/aromatic N) is 1. The molecule has 1 unspecified atom stereocenters. The number of carbonyl (C=O) groups excluding carboxylic acids is 2. The number of benzene rings is 3. The van der Waals surface area contributed by atoms with Crippen LogP contribution in [0.15, 0.2) is 93.7 Å². The van der Waals surface area contributed by atoms with Crippen molar-refractivity contribution in [3.63, 3.8) is 0 Å². The second-order valence-corrected chi connectivity index (χ2v) is 12.0. The van der Waals surface area contributed by atoms with Crippen LogP contribution in [0, 0.1) is 0 Å². The number of rotatable bonds is 7. The van der Waals surface area contributed by atoms with E-state index in [9.17, 15) is 9.59 Å². The van der Waals surface area contributed by atoms with Gasteiger partial charge in [0.15, 0.2) is 22.4 Å². The molecule has 0 saturated carbocycles. The number of methoxy groups -OCH3 is 1. The molecule has 208 valence electrons. The van der Waals surface area contributed by atoms with Gasteiger partial charge in [-0.05, 0) is 61.2 Å². The van der Waals surface area contributed by atoms with Crippen LogP contribution < -0.4 is 20.1 Å². The SMILES string of the molecule is COc1cc(C2C(C(=O)Nc3nc4ccc(Br)cc4s3)=C(C)NC3=C2C(=O)CCC3)ccc1OCc1ccccc1. The Morgan fingerprint density at radius 2 is 1.93 bits per heavy atom. The summed E-state index contributed by atoms with van der Waals surface area (Å²) in [5, 5.41) is 6.88. The molecule has 41 heavy (non-hydrogen) atoms. The van der Waals surface area contributed by atoms with E-state index in [4.69, 9.17) is 9.47 Å². The lowest BCUT2D eigenvalue weighted by atomic mass is 9.75. The van der Waals surface area contributed by atoms with Gasteiger partial charge in [-0.15, -0.1) is 0 Å². The van der Waals surface area contributed by atoms with Crippen LogP contribution in [-0.4, -0.2) is 23.8 Å². The topological polar surface area (TPSA) is 89.5 Å². The van der Waals surface area contributed by atoms with Gasteiger partial charge in [-0.3, -0.25) is 14.9 Å². The molecule has 0 saturated heterocycles. The normalized spacial score (nSPS) is 16.9. The molecule has 0 bridgehead atoms. The van der Waals surface area contributed by atoms with Gasteiger partial charge in [0.1, 0.15) is 6.61 Å². The quantitative estimate of drug-likeness (QED) is 0.224. The van der Waals surface area contributed by atoms with E-state index in [0.717, 1.165) is 44.4 Å². The second kappa shape index (κ2) is 11.5. The molecule has 9 heteroatoms. The zero-order valence-electron chi connectivity index (χ0n) is 22.6. The Morgan fingerprint density at radius 1 is 1.10 bits per heavy atom. The Hall–Kier alpha value is -3.95. The Morgan fingerprint density at radius 3 is 2.73 bits per heavy atom. The van der Waals surface area contributed by atoms with Gasteiger partial charge in [0.05, 0.1) is 17.3 Å². The number of ether oxygens (including phenoxy) is 2. The maximum Gasteiger partial charge on any atom is 0.256 e. The van der Waals surface area contributed by atoms with Gasteiger partial charge in [0.25, 0.3) is 5.91 Å². The minimum atomic E-state index is -0.556. The molecule has 4 aromatic rings. The fourth-order valence-corrected chi connectivity index (χ4v) is 6.87. The molecule has 0 spiro atoms. The van der Waals surface area contributed by atoms with E-state index in [1.54, 1.807) is 7.11 Å². The van der Waals surface area contributed by atoms with Crippen molar-refractivity contribution < 1.29 is 19.1 Å². The highest BCUT2D eigenvalue weighted by molar-refractivity contribution is 9.10. The fraction of sp³-hybridized carbons (Fsp3) is 0.219. The number of aromatic nitrogens is 1. The van der Waals surface area contributed by atoms with Gasteiger partial charge in [-0.2, -0.15) is 0 Å². The summed E-state index contributed by atoms with van der Waals surface area (Å²) in [6, 6.07) is 21.4. The number of halogens is 1. The zero-order chi connectivity index (χ0) is 28.5. The van der Waals surface area contributed by atoms with Crippen LogP contribution in [0.2, 0.25) is 0 Å². The molecule has 1 atom stereocenters. The zero-order valence-corrected chi connectivity index (χ0v) is 25.0. The number of anilines is 1. The Kier molecular flexibility index (Phi) is 7.64. The molecule has 0 fully saturated rings. The highest BCUT2D eigenvalue weighted by atomic mass is 79.9. The minimum Gasteiger partial charge on any atom is -0.493 e. The lowest BCUT2D eigenvalue weighted by Gasteiger charge is -2.34. The fourth-order valence-electron chi connectivity index (χ4n) is 5.45. The third kappa shape index (κ3) is 5.52. The van der Waals surface area contributed by atoms with Crippen molar-refractivity contribution in [3.05, 3.63) is 105 Å². The Balaban J connectivity index is 1.36. The van der Waals surface area contributed by atoms with E-state index >= 15 is 0 Å². The van der Waals surface area contributed by atoms with Crippen molar-refractivity contribution in [1.29, 1.82) is 0 Å². The van der Waals surface area contributed by atoms with Gasteiger partial charge < -0.3 is 14.8 Å². The van der Waals surface area contributed by atoms with Crippen molar-refractivity contribution in [2.24, 2.45) is 0 Å². The number of hydrogen-bond donors (Lipinski definition) is 2. The molecule has 2 N–H and O–H groups in total. The van der Waals surface area contributed by atoms with Crippen LogP contribution in [0.1, 0.15) is 43.2 Å². The van der Waals surface area contributed by atoms with Gasteiger partial charge >= 0.3 is 0 Å². The smallest absolute Gasteiger partial charge is 0.256 e. The molecular formula is C32H28BrN3O4S. The molecule has 2 aliphatic rings. The highest BCUT2D eigenvalue weighted by Gasteiger charge is 2.39. The van der Waals surface area contributed by atoms with Crippen molar-refractivity contribution in [2.75, 3.05) is 12.4 Å². The number of hydrogen-bond acceptors (Lipinski definition) is 7. The summed E-state index contributed by atoms with van der Waals surface area (Å²) in [5.74, 6) is 0.322. The third-order valence-electron chi connectivity index (χ3n) is 7.35. The summed E-state index contributed by atoms with van der Waals surface area (Å²) in [4.78, 5) is 31.9. The van der Waals surface area contributed by atoms with E-state index in [1.807, 2.05) is 73.7 Å². The predicted molar refractivity (Wildman–Crippen MR) is 164 cm³/mol. The average molecular weight is 631 g/mol. The van der Waals surface area contributed by atoms with Gasteiger partial charge in [0, 0.05) is 39.4 Å². The molecule has 7 nitrogen and oxygen atoms in total. The number of Topliss-reactive ketones (excluding diaryl/α,β-unsaturated/α-hetero) is 1. The monoisotopic (exact) mass is 629 g/mol. The van der Waals surface area contributed by atoms with Crippen LogP contribution in [0.5, 0.6) is 11.5 Å². The molecule has 1 aliphatic carbocycles. The van der Waals surface area contributed by atoms with E-state index < -0.39 is 5.92 Å². The number of dihydropyridines is 1. The van der Waals surface area contributed by atoms with Crippen molar-refractivity contribution in [1.82, 2.24) is 10.3 Å². The molecule has 1 amide bonds. The summed E-state index contributed by atoms with van der Waals surface area (Å²) >= 11 is 4.90. The number of nitrogens with one attached hydrogen (secondary N) is 2. The number of allylic oxidation sites excluding steroid dienone is 3. The molecule has 6 rings (SSSR count). The lowest BCUT2D eigenvalue weighted by Crippen LogP contribution is -2.35. The Bertz CT molecular complexity index is 1730. The first-order valence-corrected chi connectivity index (χ1v) is 15.0. The highest BCUT2D eigenvalue weighted by Crippen LogP contribution is 2.44. The van der Waals surface area contributed by atoms with E-state index in [1.165, 1.54) is 11.3 Å². The first kappa shape index (κ1) is 27.2. The summed E-state index contributed by atoms with van der Waals surface area (Å²) < 4.78 is 13.7. The minimum absolute atomic E-state index is 0.0507. The number of amides is 1. The number of ketones is 1.